The van der Waals surface area contributed by atoms with E-state index in [4.69, 9.17) is 5.11 Å². The van der Waals surface area contributed by atoms with Gasteiger partial charge in [-0.2, -0.15) is 0 Å². The van der Waals surface area contributed by atoms with Crippen LogP contribution in [0.25, 0.3) is 0 Å². The van der Waals surface area contributed by atoms with Gasteiger partial charge in [0, 0.05) is 11.6 Å². The summed E-state index contributed by atoms with van der Waals surface area (Å²) in [5.41, 5.74) is 0.881. The Hall–Kier alpha value is -1.10. The average molecular weight is 254 g/mol. The lowest BCUT2D eigenvalue weighted by atomic mass is 10.2. The van der Waals surface area contributed by atoms with E-state index < -0.39 is 11.2 Å². The number of nitrogens with zero attached hydrogens (tertiary/aromatic N) is 2. The van der Waals surface area contributed by atoms with E-state index in [1.807, 2.05) is 33.8 Å². The summed E-state index contributed by atoms with van der Waals surface area (Å²) >= 11 is 1.29. The SMILES string of the molecule is CCC(Sc1cc(C)nc(C(C)C)n1)C(=O)O. The van der Waals surface area contributed by atoms with Gasteiger partial charge in [-0.3, -0.25) is 4.79 Å². The second-order valence-electron chi connectivity index (χ2n) is 4.21. The third-order valence-corrected chi connectivity index (χ3v) is 3.54. The van der Waals surface area contributed by atoms with Crippen LogP contribution in [-0.4, -0.2) is 26.3 Å². The van der Waals surface area contributed by atoms with Crippen LogP contribution in [0.3, 0.4) is 0 Å². The number of thioether (sulfide) groups is 1. The first-order chi connectivity index (χ1) is 7.93. The molecule has 0 aliphatic carbocycles. The predicted molar refractivity (Wildman–Crippen MR) is 68.4 cm³/mol. The molecule has 94 valence electrons. The maximum atomic E-state index is 11.0. The zero-order valence-electron chi connectivity index (χ0n) is 10.6. The maximum Gasteiger partial charge on any atom is 0.317 e. The molecule has 17 heavy (non-hydrogen) atoms. The van der Waals surface area contributed by atoms with Gasteiger partial charge in [0.1, 0.15) is 16.1 Å². The monoisotopic (exact) mass is 254 g/mol. The summed E-state index contributed by atoms with van der Waals surface area (Å²) in [5, 5.41) is 9.32. The van der Waals surface area contributed by atoms with Crippen LogP contribution in [0.5, 0.6) is 0 Å². The number of carboxylic acid groups (broad SMARTS) is 1. The van der Waals surface area contributed by atoms with E-state index in [1.165, 1.54) is 11.8 Å². The summed E-state index contributed by atoms with van der Waals surface area (Å²) in [6.07, 6.45) is 0.583. The molecule has 1 aromatic rings. The van der Waals surface area contributed by atoms with Crippen LogP contribution in [-0.2, 0) is 4.79 Å². The summed E-state index contributed by atoms with van der Waals surface area (Å²) in [5.74, 6) is 0.228. The number of aliphatic carboxylic acids is 1. The van der Waals surface area contributed by atoms with Gasteiger partial charge in [-0.25, -0.2) is 9.97 Å². The Morgan fingerprint density at radius 2 is 2.12 bits per heavy atom. The van der Waals surface area contributed by atoms with Gasteiger partial charge in [-0.1, -0.05) is 32.5 Å². The van der Waals surface area contributed by atoms with Gasteiger partial charge in [0.15, 0.2) is 0 Å². The molecule has 0 radical (unpaired) electrons. The number of rotatable bonds is 5. The molecule has 1 N–H and O–H groups in total. The number of carboxylic acids is 1. The first kappa shape index (κ1) is 14.0. The Balaban J connectivity index is 2.94. The predicted octanol–water partition coefficient (Wildman–Crippen LogP) is 2.86. The lowest BCUT2D eigenvalue weighted by Gasteiger charge is -2.11. The molecule has 0 aromatic carbocycles. The molecule has 1 heterocycles. The Morgan fingerprint density at radius 3 is 2.59 bits per heavy atom. The summed E-state index contributed by atoms with van der Waals surface area (Å²) in [6, 6.07) is 1.84. The quantitative estimate of drug-likeness (QED) is 0.646. The van der Waals surface area contributed by atoms with Gasteiger partial charge >= 0.3 is 5.97 Å². The Morgan fingerprint density at radius 1 is 1.47 bits per heavy atom. The molecular weight excluding hydrogens is 236 g/mol. The molecule has 1 rings (SSSR count). The number of hydrogen-bond acceptors (Lipinski definition) is 4. The molecule has 0 amide bonds. The van der Waals surface area contributed by atoms with Crippen molar-refractivity contribution in [1.29, 1.82) is 0 Å². The van der Waals surface area contributed by atoms with Crippen LogP contribution in [0, 0.1) is 6.92 Å². The first-order valence-electron chi connectivity index (χ1n) is 5.69. The number of aryl methyl sites for hydroxylation is 1. The highest BCUT2D eigenvalue weighted by atomic mass is 32.2. The smallest absolute Gasteiger partial charge is 0.317 e. The Bertz CT molecular complexity index is 407. The van der Waals surface area contributed by atoms with Gasteiger partial charge in [0.25, 0.3) is 0 Å². The minimum absolute atomic E-state index is 0.249. The van der Waals surface area contributed by atoms with Crippen LogP contribution >= 0.6 is 11.8 Å². The zero-order valence-corrected chi connectivity index (χ0v) is 11.4. The third-order valence-electron chi connectivity index (χ3n) is 2.27. The standard InChI is InChI=1S/C12H18N2O2S/c1-5-9(12(15)16)17-10-6-8(4)13-11(14-10)7(2)3/h6-7,9H,5H2,1-4H3,(H,15,16). The van der Waals surface area contributed by atoms with Crippen molar-refractivity contribution in [3.63, 3.8) is 0 Å². The fourth-order valence-corrected chi connectivity index (χ4v) is 2.28. The van der Waals surface area contributed by atoms with Gasteiger partial charge in [0.05, 0.1) is 0 Å². The molecule has 0 aliphatic rings. The minimum atomic E-state index is -0.792. The molecule has 0 saturated heterocycles. The maximum absolute atomic E-state index is 11.0. The second kappa shape index (κ2) is 6.00. The Kier molecular flexibility index (Phi) is 4.93. The fourth-order valence-electron chi connectivity index (χ4n) is 1.33. The summed E-state index contributed by atoms with van der Waals surface area (Å²) < 4.78 is 0. The molecular formula is C12H18N2O2S. The lowest BCUT2D eigenvalue weighted by Crippen LogP contribution is -2.15. The van der Waals surface area contributed by atoms with E-state index in [0.717, 1.165) is 16.5 Å². The van der Waals surface area contributed by atoms with Crippen LogP contribution in [0.15, 0.2) is 11.1 Å². The van der Waals surface area contributed by atoms with Crippen molar-refractivity contribution in [2.75, 3.05) is 0 Å². The molecule has 0 fully saturated rings. The highest BCUT2D eigenvalue weighted by Crippen LogP contribution is 2.25. The van der Waals surface area contributed by atoms with Gasteiger partial charge in [-0.05, 0) is 19.4 Å². The van der Waals surface area contributed by atoms with Gasteiger partial charge < -0.3 is 5.11 Å². The molecule has 4 nitrogen and oxygen atoms in total. The lowest BCUT2D eigenvalue weighted by molar-refractivity contribution is -0.136. The van der Waals surface area contributed by atoms with Crippen LogP contribution < -0.4 is 0 Å². The van der Waals surface area contributed by atoms with Crippen LogP contribution in [0.1, 0.15) is 44.6 Å². The summed E-state index contributed by atoms with van der Waals surface area (Å²) in [6.45, 7) is 7.82. The number of aromatic nitrogens is 2. The van der Waals surface area contributed by atoms with Gasteiger partial charge in [-0.15, -0.1) is 0 Å². The Labute approximate surface area is 106 Å². The van der Waals surface area contributed by atoms with Crippen molar-refractivity contribution in [2.24, 2.45) is 0 Å². The van der Waals surface area contributed by atoms with Crippen molar-refractivity contribution < 1.29 is 9.90 Å². The van der Waals surface area contributed by atoms with E-state index in [-0.39, 0.29) is 5.92 Å². The van der Waals surface area contributed by atoms with E-state index >= 15 is 0 Å². The number of hydrogen-bond donors (Lipinski definition) is 1. The highest BCUT2D eigenvalue weighted by molar-refractivity contribution is 8.00. The molecule has 1 aromatic heterocycles. The molecule has 0 spiro atoms. The summed E-state index contributed by atoms with van der Waals surface area (Å²) in [4.78, 5) is 19.7. The van der Waals surface area contributed by atoms with E-state index in [0.29, 0.717) is 6.42 Å². The third kappa shape index (κ3) is 4.00. The zero-order chi connectivity index (χ0) is 13.0. The van der Waals surface area contributed by atoms with Crippen molar-refractivity contribution in [3.05, 3.63) is 17.6 Å². The second-order valence-corrected chi connectivity index (χ2v) is 5.44. The van der Waals surface area contributed by atoms with Crippen molar-refractivity contribution in [3.8, 4) is 0 Å². The normalized spacial score (nSPS) is 12.8. The first-order valence-corrected chi connectivity index (χ1v) is 6.57. The van der Waals surface area contributed by atoms with Crippen LogP contribution in [0.4, 0.5) is 0 Å². The number of carbonyl (C=O) groups is 1. The summed E-state index contributed by atoms with van der Waals surface area (Å²) in [7, 11) is 0. The average Bonchev–Trinajstić information content (AvgIpc) is 2.24. The van der Waals surface area contributed by atoms with Crippen LogP contribution in [0.2, 0.25) is 0 Å². The molecule has 0 saturated carbocycles. The van der Waals surface area contributed by atoms with E-state index in [9.17, 15) is 4.79 Å². The topological polar surface area (TPSA) is 63.1 Å². The fraction of sp³-hybridized carbons (Fsp3) is 0.583. The molecule has 1 unspecified atom stereocenters. The van der Waals surface area contributed by atoms with Crippen molar-refractivity contribution >= 4 is 17.7 Å². The molecule has 0 aliphatic heterocycles. The highest BCUT2D eigenvalue weighted by Gasteiger charge is 2.18. The van der Waals surface area contributed by atoms with Gasteiger partial charge in [0.2, 0.25) is 0 Å². The van der Waals surface area contributed by atoms with Crippen molar-refractivity contribution in [2.45, 2.75) is 50.3 Å². The van der Waals surface area contributed by atoms with E-state index in [1.54, 1.807) is 0 Å². The van der Waals surface area contributed by atoms with E-state index in [2.05, 4.69) is 9.97 Å². The van der Waals surface area contributed by atoms with Crippen molar-refractivity contribution in [1.82, 2.24) is 9.97 Å². The molecule has 5 heteroatoms. The minimum Gasteiger partial charge on any atom is -0.480 e. The largest absolute Gasteiger partial charge is 0.480 e. The molecule has 1 atom stereocenters. The molecule has 0 bridgehead atoms.